The molecule has 6 N–H and O–H groups in total. The number of esters is 1. The van der Waals surface area contributed by atoms with E-state index >= 15 is 0 Å². The van der Waals surface area contributed by atoms with Crippen molar-refractivity contribution in [2.24, 2.45) is 11.8 Å². The molecule has 0 amide bonds. The molecule has 13 heteroatoms. The Balaban J connectivity index is 2.27. The summed E-state index contributed by atoms with van der Waals surface area (Å²) in [4.78, 5) is 24.9. The standard InChI is InChI=1S/C32H58O13/c1-7-9-11-13-17(3)21(15-23(33)34)43-24(35)16-22(18(4)14-12-10-8-2)44-32-30(28(39)26(37)20(6)42-32)45-31-29(40)27(38)25(36)19(5)41-31/h17-22,25-32,36-40H,7-16H2,1-6H3,(H,33,34). The van der Waals surface area contributed by atoms with Gasteiger partial charge in [0.25, 0.3) is 0 Å². The summed E-state index contributed by atoms with van der Waals surface area (Å²) in [6.45, 7) is 11.0. The molecule has 2 aliphatic heterocycles. The van der Waals surface area contributed by atoms with E-state index in [1.165, 1.54) is 6.92 Å². The SMILES string of the molecule is CCCCCC(C)C(CC(=O)O)OC(=O)CC(OC1OC(C)C(O)C(O)C1OC1OC(C)C(O)C(O)C1O)C(C)CCCCC. The number of carbonyl (C=O) groups is 2. The van der Waals surface area contributed by atoms with E-state index in [1.54, 1.807) is 6.92 Å². The molecule has 2 saturated heterocycles. The molecule has 2 aliphatic rings. The minimum Gasteiger partial charge on any atom is -0.481 e. The number of ether oxygens (including phenoxy) is 5. The molecule has 14 unspecified atom stereocenters. The Morgan fingerprint density at radius 2 is 1.20 bits per heavy atom. The van der Waals surface area contributed by atoms with Crippen molar-refractivity contribution < 1.29 is 63.9 Å². The number of hydrogen-bond acceptors (Lipinski definition) is 12. The maximum Gasteiger partial charge on any atom is 0.308 e. The molecule has 0 aromatic heterocycles. The van der Waals surface area contributed by atoms with Crippen molar-refractivity contribution in [3.05, 3.63) is 0 Å². The van der Waals surface area contributed by atoms with E-state index in [9.17, 15) is 40.2 Å². The second-order valence-corrected chi connectivity index (χ2v) is 12.9. The van der Waals surface area contributed by atoms with Gasteiger partial charge in [-0.1, -0.05) is 66.2 Å². The van der Waals surface area contributed by atoms with Crippen LogP contribution < -0.4 is 0 Å². The molecule has 14 atom stereocenters. The Morgan fingerprint density at radius 3 is 1.73 bits per heavy atom. The molecule has 0 aromatic carbocycles. The predicted molar refractivity (Wildman–Crippen MR) is 162 cm³/mol. The van der Waals surface area contributed by atoms with Crippen LogP contribution in [-0.2, 0) is 33.3 Å². The molecule has 0 spiro atoms. The Kier molecular flexibility index (Phi) is 17.2. The normalized spacial score (nSPS) is 34.9. The van der Waals surface area contributed by atoms with E-state index in [-0.39, 0.29) is 24.7 Å². The van der Waals surface area contributed by atoms with Gasteiger partial charge in [-0.3, -0.25) is 9.59 Å². The number of carboxylic acid groups (broad SMARTS) is 1. The highest BCUT2D eigenvalue weighted by atomic mass is 16.8. The molecule has 0 saturated carbocycles. The second-order valence-electron chi connectivity index (χ2n) is 12.9. The van der Waals surface area contributed by atoms with Gasteiger partial charge in [0.15, 0.2) is 12.6 Å². The van der Waals surface area contributed by atoms with Crippen molar-refractivity contribution >= 4 is 11.9 Å². The van der Waals surface area contributed by atoms with Crippen molar-refractivity contribution in [2.75, 3.05) is 0 Å². The number of carbonyl (C=O) groups excluding carboxylic acids is 1. The van der Waals surface area contributed by atoms with Crippen LogP contribution in [0.5, 0.6) is 0 Å². The monoisotopic (exact) mass is 650 g/mol. The number of aliphatic hydroxyl groups excluding tert-OH is 5. The third kappa shape index (κ3) is 12.0. The fourth-order valence-electron chi connectivity index (χ4n) is 5.81. The lowest BCUT2D eigenvalue weighted by Crippen LogP contribution is -2.63. The average molecular weight is 651 g/mol. The lowest BCUT2D eigenvalue weighted by atomic mass is 9.93. The highest BCUT2D eigenvalue weighted by Crippen LogP contribution is 2.32. The lowest BCUT2D eigenvalue weighted by molar-refractivity contribution is -0.367. The van der Waals surface area contributed by atoms with E-state index in [0.29, 0.717) is 6.42 Å². The van der Waals surface area contributed by atoms with E-state index in [1.807, 2.05) is 13.8 Å². The smallest absolute Gasteiger partial charge is 0.308 e. The summed E-state index contributed by atoms with van der Waals surface area (Å²) in [7, 11) is 0. The van der Waals surface area contributed by atoms with Crippen LogP contribution in [0.3, 0.4) is 0 Å². The first-order valence-electron chi connectivity index (χ1n) is 16.6. The Labute approximate surface area is 267 Å². The van der Waals surface area contributed by atoms with Crippen molar-refractivity contribution in [1.82, 2.24) is 0 Å². The Hall–Kier alpha value is -1.42. The van der Waals surface area contributed by atoms with E-state index in [0.717, 1.165) is 44.9 Å². The van der Waals surface area contributed by atoms with Crippen LogP contribution in [0.25, 0.3) is 0 Å². The van der Waals surface area contributed by atoms with Crippen LogP contribution in [0.2, 0.25) is 0 Å². The van der Waals surface area contributed by atoms with E-state index in [4.69, 9.17) is 23.7 Å². The number of carboxylic acids is 1. The van der Waals surface area contributed by atoms with Gasteiger partial charge in [0.2, 0.25) is 0 Å². The third-order valence-corrected chi connectivity index (χ3v) is 9.01. The Bertz CT molecular complexity index is 874. The molecule has 0 aliphatic carbocycles. The number of aliphatic carboxylic acids is 1. The lowest BCUT2D eigenvalue weighted by Gasteiger charge is -2.46. The minimum absolute atomic E-state index is 0.159. The molecule has 13 nitrogen and oxygen atoms in total. The summed E-state index contributed by atoms with van der Waals surface area (Å²) in [5.74, 6) is -2.05. The number of hydrogen-bond donors (Lipinski definition) is 6. The first-order valence-corrected chi connectivity index (χ1v) is 16.6. The zero-order valence-corrected chi connectivity index (χ0v) is 27.7. The zero-order valence-electron chi connectivity index (χ0n) is 27.7. The number of aliphatic hydroxyl groups is 5. The van der Waals surface area contributed by atoms with Crippen LogP contribution in [0.15, 0.2) is 0 Å². The third-order valence-electron chi connectivity index (χ3n) is 9.01. The van der Waals surface area contributed by atoms with Crippen LogP contribution in [0.4, 0.5) is 0 Å². The average Bonchev–Trinajstić information content (AvgIpc) is 2.98. The van der Waals surface area contributed by atoms with E-state index in [2.05, 4.69) is 13.8 Å². The van der Waals surface area contributed by atoms with Gasteiger partial charge < -0.3 is 54.3 Å². The van der Waals surface area contributed by atoms with Gasteiger partial charge in [-0.2, -0.15) is 0 Å². The van der Waals surface area contributed by atoms with Crippen molar-refractivity contribution in [1.29, 1.82) is 0 Å². The van der Waals surface area contributed by atoms with Crippen LogP contribution in [0, 0.1) is 11.8 Å². The van der Waals surface area contributed by atoms with Crippen molar-refractivity contribution in [3.8, 4) is 0 Å². The molecule has 0 bridgehead atoms. The highest BCUT2D eigenvalue weighted by molar-refractivity contribution is 5.72. The van der Waals surface area contributed by atoms with Crippen LogP contribution in [-0.4, -0.2) is 116 Å². The molecular formula is C32H58O13. The van der Waals surface area contributed by atoms with Gasteiger partial charge in [0.05, 0.1) is 31.2 Å². The van der Waals surface area contributed by atoms with Crippen LogP contribution >= 0.6 is 0 Å². The summed E-state index contributed by atoms with van der Waals surface area (Å²) in [5, 5.41) is 61.9. The molecule has 2 rings (SSSR count). The van der Waals surface area contributed by atoms with E-state index < -0.39 is 85.6 Å². The van der Waals surface area contributed by atoms with Crippen molar-refractivity contribution in [2.45, 2.75) is 179 Å². The van der Waals surface area contributed by atoms with Gasteiger partial charge in [0, 0.05) is 0 Å². The quantitative estimate of drug-likeness (QED) is 0.0879. The first-order chi connectivity index (χ1) is 21.2. The van der Waals surface area contributed by atoms with Gasteiger partial charge in [0.1, 0.15) is 42.7 Å². The maximum absolute atomic E-state index is 13.3. The molecule has 264 valence electrons. The summed E-state index contributed by atoms with van der Waals surface area (Å²) < 4.78 is 29.4. The number of rotatable bonds is 19. The van der Waals surface area contributed by atoms with Gasteiger partial charge in [-0.25, -0.2) is 0 Å². The van der Waals surface area contributed by atoms with Gasteiger partial charge in [-0.05, 0) is 38.5 Å². The molecule has 0 radical (unpaired) electrons. The topological polar surface area (TPSA) is 202 Å². The number of unbranched alkanes of at least 4 members (excludes halogenated alkanes) is 4. The molecular weight excluding hydrogens is 592 g/mol. The first kappa shape index (κ1) is 39.8. The second kappa shape index (κ2) is 19.4. The summed E-state index contributed by atoms with van der Waals surface area (Å²) in [6.07, 6.45) is -8.64. The fourth-order valence-corrected chi connectivity index (χ4v) is 5.81. The molecule has 0 aromatic rings. The van der Waals surface area contributed by atoms with Crippen LogP contribution in [0.1, 0.15) is 106 Å². The zero-order chi connectivity index (χ0) is 33.8. The minimum atomic E-state index is -1.68. The summed E-state index contributed by atoms with van der Waals surface area (Å²) in [6, 6.07) is 0. The maximum atomic E-state index is 13.3. The molecule has 2 heterocycles. The Morgan fingerprint density at radius 1 is 0.689 bits per heavy atom. The van der Waals surface area contributed by atoms with Gasteiger partial charge >= 0.3 is 11.9 Å². The van der Waals surface area contributed by atoms with Crippen molar-refractivity contribution in [3.63, 3.8) is 0 Å². The fraction of sp³-hybridized carbons (Fsp3) is 0.938. The summed E-state index contributed by atoms with van der Waals surface area (Å²) in [5.41, 5.74) is 0. The highest BCUT2D eigenvalue weighted by Gasteiger charge is 2.50. The largest absolute Gasteiger partial charge is 0.481 e. The van der Waals surface area contributed by atoms with Gasteiger partial charge in [-0.15, -0.1) is 0 Å². The summed E-state index contributed by atoms with van der Waals surface area (Å²) >= 11 is 0. The molecule has 2 fully saturated rings. The predicted octanol–water partition coefficient (Wildman–Crippen LogP) is 2.26. The molecule has 45 heavy (non-hydrogen) atoms.